The van der Waals surface area contributed by atoms with E-state index in [0.29, 0.717) is 10.7 Å². The molecule has 0 unspecified atom stereocenters. The first-order chi connectivity index (χ1) is 6.68. The molecule has 0 saturated carbocycles. The number of carboxylic acids is 1. The average Bonchev–Trinajstić information content (AvgIpc) is 2.49. The molecule has 15 heavy (non-hydrogen) atoms. The van der Waals surface area contributed by atoms with Crippen LogP contribution in [0.4, 0.5) is 0 Å². The van der Waals surface area contributed by atoms with Crippen LogP contribution in [0.15, 0.2) is 18.5 Å². The summed E-state index contributed by atoms with van der Waals surface area (Å²) in [5.74, 6) is -0.862. The first kappa shape index (κ1) is 13.2. The number of halogens is 1. The zero-order valence-electron chi connectivity index (χ0n) is 7.12. The number of H-pyrrole nitrogens is 1. The van der Waals surface area contributed by atoms with Gasteiger partial charge in [-0.3, -0.25) is 4.79 Å². The fourth-order valence-electron chi connectivity index (χ4n) is 1.39. The zero-order valence-corrected chi connectivity index (χ0v) is 7.88. The number of aromatic nitrogens is 2. The molecule has 2 aromatic heterocycles. The molecule has 2 rings (SSSR count). The van der Waals surface area contributed by atoms with Crippen molar-refractivity contribution in [3.05, 3.63) is 29.2 Å². The molecule has 0 saturated heterocycles. The quantitative estimate of drug-likeness (QED) is 0.622. The van der Waals surface area contributed by atoms with E-state index in [1.165, 1.54) is 0 Å². The summed E-state index contributed by atoms with van der Waals surface area (Å²) in [6.45, 7) is 0. The van der Waals surface area contributed by atoms with Crippen molar-refractivity contribution in [3.63, 3.8) is 0 Å². The number of nitrogens with one attached hydrogen (secondary N) is 1. The molecule has 0 aliphatic heterocycles. The van der Waals surface area contributed by atoms with Gasteiger partial charge in [0, 0.05) is 17.8 Å². The third-order valence-electron chi connectivity index (χ3n) is 1.98. The van der Waals surface area contributed by atoms with E-state index in [4.69, 9.17) is 16.7 Å². The number of aliphatic carboxylic acids is 1. The van der Waals surface area contributed by atoms with Gasteiger partial charge < -0.3 is 10.1 Å². The molecule has 0 bridgehead atoms. The first-order valence-electron chi connectivity index (χ1n) is 4.00. The number of aromatic amines is 1. The SMILES string of the molecule is O=C(O)Cc1c[nH]c2c(Cl)nccc12.[KH]. The van der Waals surface area contributed by atoms with Gasteiger partial charge in [-0.25, -0.2) is 4.98 Å². The Hall–Kier alpha value is 0.0864. The molecule has 0 spiro atoms. The number of hydrogen-bond donors (Lipinski definition) is 2. The molecule has 0 amide bonds. The minimum atomic E-state index is -0.862. The van der Waals surface area contributed by atoms with Gasteiger partial charge in [0.15, 0.2) is 5.15 Å². The Morgan fingerprint density at radius 2 is 2.33 bits per heavy atom. The Balaban J connectivity index is 0.00000112. The van der Waals surface area contributed by atoms with Gasteiger partial charge in [0.25, 0.3) is 0 Å². The molecule has 0 aliphatic carbocycles. The molecular formula is C9H8ClKN2O2. The van der Waals surface area contributed by atoms with Crippen LogP contribution in [0.3, 0.4) is 0 Å². The van der Waals surface area contributed by atoms with Crippen molar-refractivity contribution < 1.29 is 9.90 Å². The Morgan fingerprint density at radius 3 is 3.00 bits per heavy atom. The molecule has 0 atom stereocenters. The maximum atomic E-state index is 10.5. The number of carboxylic acid groups (broad SMARTS) is 1. The van der Waals surface area contributed by atoms with Crippen LogP contribution < -0.4 is 0 Å². The first-order valence-corrected chi connectivity index (χ1v) is 4.38. The summed E-state index contributed by atoms with van der Waals surface area (Å²) in [4.78, 5) is 17.3. The van der Waals surface area contributed by atoms with Crippen LogP contribution in [0.1, 0.15) is 5.56 Å². The molecule has 6 heteroatoms. The van der Waals surface area contributed by atoms with E-state index in [1.54, 1.807) is 18.5 Å². The van der Waals surface area contributed by atoms with Crippen LogP contribution in [0.5, 0.6) is 0 Å². The molecule has 0 aliphatic rings. The Kier molecular flexibility index (Phi) is 4.76. The van der Waals surface area contributed by atoms with E-state index in [-0.39, 0.29) is 57.8 Å². The molecular weight excluding hydrogens is 243 g/mol. The van der Waals surface area contributed by atoms with E-state index < -0.39 is 5.97 Å². The van der Waals surface area contributed by atoms with E-state index >= 15 is 0 Å². The number of fused-ring (bicyclic) bond motifs is 1. The van der Waals surface area contributed by atoms with E-state index in [0.717, 1.165) is 10.9 Å². The molecule has 0 radical (unpaired) electrons. The van der Waals surface area contributed by atoms with Crippen LogP contribution >= 0.6 is 11.6 Å². The second kappa shape index (κ2) is 5.43. The average molecular weight is 251 g/mol. The number of carbonyl (C=O) groups is 1. The summed E-state index contributed by atoms with van der Waals surface area (Å²) < 4.78 is 0. The fraction of sp³-hybridized carbons (Fsp3) is 0.111. The van der Waals surface area contributed by atoms with Gasteiger partial charge in [-0.05, 0) is 11.6 Å². The number of rotatable bonds is 2. The molecule has 2 N–H and O–H groups in total. The van der Waals surface area contributed by atoms with Crippen molar-refractivity contribution in [2.75, 3.05) is 0 Å². The van der Waals surface area contributed by atoms with Crippen LogP contribution in [0.2, 0.25) is 5.15 Å². The summed E-state index contributed by atoms with van der Waals surface area (Å²) >= 11 is 5.82. The van der Waals surface area contributed by atoms with Crippen molar-refractivity contribution in [2.45, 2.75) is 6.42 Å². The van der Waals surface area contributed by atoms with Crippen LogP contribution in [-0.2, 0) is 11.2 Å². The summed E-state index contributed by atoms with van der Waals surface area (Å²) in [7, 11) is 0. The van der Waals surface area contributed by atoms with Gasteiger partial charge in [0.2, 0.25) is 0 Å². The van der Waals surface area contributed by atoms with Gasteiger partial charge in [-0.1, -0.05) is 11.6 Å². The molecule has 4 nitrogen and oxygen atoms in total. The van der Waals surface area contributed by atoms with Gasteiger partial charge >= 0.3 is 57.4 Å². The second-order valence-electron chi connectivity index (χ2n) is 2.91. The molecule has 0 fully saturated rings. The summed E-state index contributed by atoms with van der Waals surface area (Å²) in [5, 5.41) is 9.82. The van der Waals surface area contributed by atoms with Gasteiger partial charge in [0.05, 0.1) is 11.9 Å². The fourth-order valence-corrected chi connectivity index (χ4v) is 1.60. The second-order valence-corrected chi connectivity index (χ2v) is 3.27. The van der Waals surface area contributed by atoms with Crippen molar-refractivity contribution >= 4 is 79.9 Å². The third-order valence-corrected chi connectivity index (χ3v) is 2.27. The molecule has 74 valence electrons. The van der Waals surface area contributed by atoms with Crippen molar-refractivity contribution in [1.29, 1.82) is 0 Å². The van der Waals surface area contributed by atoms with Crippen molar-refractivity contribution in [1.82, 2.24) is 9.97 Å². The minimum absolute atomic E-state index is 0. The molecule has 0 aromatic carbocycles. The van der Waals surface area contributed by atoms with Crippen molar-refractivity contribution in [2.24, 2.45) is 0 Å². The Bertz CT molecular complexity index is 498. The molecule has 2 heterocycles. The van der Waals surface area contributed by atoms with Crippen LogP contribution in [0, 0.1) is 0 Å². The van der Waals surface area contributed by atoms with E-state index in [1.807, 2.05) is 0 Å². The zero-order chi connectivity index (χ0) is 10.1. The van der Waals surface area contributed by atoms with E-state index in [2.05, 4.69) is 9.97 Å². The number of pyridine rings is 1. The standard InChI is InChI=1S/C9H7ClN2O2.K.H/c10-9-8-6(1-2-11-9)5(4-12-8)3-7(13)14;;/h1-2,4,12H,3H2,(H,13,14);;. The topological polar surface area (TPSA) is 66.0 Å². The van der Waals surface area contributed by atoms with E-state index in [9.17, 15) is 4.79 Å². The predicted octanol–water partition coefficient (Wildman–Crippen LogP) is 1.19. The summed E-state index contributed by atoms with van der Waals surface area (Å²) in [6.07, 6.45) is 3.19. The van der Waals surface area contributed by atoms with Gasteiger partial charge in [-0.15, -0.1) is 0 Å². The third kappa shape index (κ3) is 2.80. The Morgan fingerprint density at radius 1 is 1.60 bits per heavy atom. The normalized spacial score (nSPS) is 9.93. The summed E-state index contributed by atoms with van der Waals surface area (Å²) in [5.41, 5.74) is 1.40. The number of nitrogens with zero attached hydrogens (tertiary/aromatic N) is 1. The Labute approximate surface area is 133 Å². The van der Waals surface area contributed by atoms with Crippen molar-refractivity contribution in [3.8, 4) is 0 Å². The number of hydrogen-bond acceptors (Lipinski definition) is 2. The summed E-state index contributed by atoms with van der Waals surface area (Å²) in [6, 6.07) is 1.75. The van der Waals surface area contributed by atoms with Gasteiger partial charge in [0.1, 0.15) is 0 Å². The van der Waals surface area contributed by atoms with Gasteiger partial charge in [-0.2, -0.15) is 0 Å². The van der Waals surface area contributed by atoms with Crippen LogP contribution in [-0.4, -0.2) is 72.4 Å². The maximum absolute atomic E-state index is 10.5. The van der Waals surface area contributed by atoms with Crippen LogP contribution in [0.25, 0.3) is 10.9 Å². The molecule has 2 aromatic rings. The monoisotopic (exact) mass is 250 g/mol. The predicted molar refractivity (Wildman–Crippen MR) is 59.6 cm³/mol.